The molecule has 1 heterocycles. The van der Waals surface area contributed by atoms with Crippen LogP contribution in [0.5, 0.6) is 0 Å². The summed E-state index contributed by atoms with van der Waals surface area (Å²) in [5, 5.41) is 2.64. The van der Waals surface area contributed by atoms with Crippen LogP contribution in [0.1, 0.15) is 37.4 Å². The molecule has 0 saturated carbocycles. The Morgan fingerprint density at radius 2 is 1.95 bits per heavy atom. The second kappa shape index (κ2) is 6.67. The molecule has 0 aliphatic rings. The molecule has 0 aliphatic carbocycles. The Balaban J connectivity index is 2.47. The number of halogens is 3. The SMILES string of the molecule is CCC(N)(CC)c1csc(CCOCC(F)(F)F)n1. The standard InChI is InChI=1S/C12H19F3N2OS/c1-3-11(16,4-2)9-7-19-10(17-9)5-6-18-8-12(13,14)15/h7H,3-6,8,16H2,1-2H3. The van der Waals surface area contributed by atoms with E-state index in [1.54, 1.807) is 0 Å². The van der Waals surface area contributed by atoms with Gasteiger partial charge in [0.15, 0.2) is 0 Å². The van der Waals surface area contributed by atoms with Crippen LogP contribution in [0, 0.1) is 0 Å². The third-order valence-corrected chi connectivity index (χ3v) is 3.96. The van der Waals surface area contributed by atoms with E-state index < -0.39 is 18.3 Å². The van der Waals surface area contributed by atoms with Crippen molar-refractivity contribution in [2.45, 2.75) is 44.8 Å². The van der Waals surface area contributed by atoms with Gasteiger partial charge in [-0.05, 0) is 12.8 Å². The number of nitrogens with two attached hydrogens (primary N) is 1. The number of nitrogens with zero attached hydrogens (tertiary/aromatic N) is 1. The number of thiazole rings is 1. The second-order valence-corrected chi connectivity index (χ2v) is 5.35. The van der Waals surface area contributed by atoms with E-state index >= 15 is 0 Å². The first-order chi connectivity index (χ1) is 8.80. The van der Waals surface area contributed by atoms with Gasteiger partial charge in [-0.2, -0.15) is 13.2 Å². The highest BCUT2D eigenvalue weighted by Gasteiger charge is 2.28. The predicted octanol–water partition coefficient (Wildman–Crippen LogP) is 3.24. The first-order valence-electron chi connectivity index (χ1n) is 6.19. The van der Waals surface area contributed by atoms with Crippen molar-refractivity contribution in [1.29, 1.82) is 0 Å². The largest absolute Gasteiger partial charge is 0.411 e. The van der Waals surface area contributed by atoms with Gasteiger partial charge in [-0.3, -0.25) is 0 Å². The molecule has 0 fully saturated rings. The van der Waals surface area contributed by atoms with Gasteiger partial charge in [-0.1, -0.05) is 13.8 Å². The van der Waals surface area contributed by atoms with Crippen LogP contribution in [0.3, 0.4) is 0 Å². The zero-order valence-electron chi connectivity index (χ0n) is 11.1. The summed E-state index contributed by atoms with van der Waals surface area (Å²) in [6.07, 6.45) is -2.34. The Morgan fingerprint density at radius 1 is 1.32 bits per heavy atom. The van der Waals surface area contributed by atoms with Crippen molar-refractivity contribution in [1.82, 2.24) is 4.98 Å². The van der Waals surface area contributed by atoms with Gasteiger partial charge in [0.1, 0.15) is 6.61 Å². The third-order valence-electron chi connectivity index (χ3n) is 3.05. The number of hydrogen-bond donors (Lipinski definition) is 1. The lowest BCUT2D eigenvalue weighted by Crippen LogP contribution is -2.35. The van der Waals surface area contributed by atoms with E-state index in [9.17, 15) is 13.2 Å². The molecule has 0 aliphatic heterocycles. The maximum absolute atomic E-state index is 11.9. The summed E-state index contributed by atoms with van der Waals surface area (Å²) in [4.78, 5) is 4.39. The fourth-order valence-electron chi connectivity index (χ4n) is 1.61. The van der Waals surface area contributed by atoms with Crippen molar-refractivity contribution in [3.63, 3.8) is 0 Å². The first-order valence-corrected chi connectivity index (χ1v) is 7.07. The molecule has 0 spiro atoms. The van der Waals surface area contributed by atoms with E-state index in [2.05, 4.69) is 9.72 Å². The van der Waals surface area contributed by atoms with Gasteiger partial charge in [0.2, 0.25) is 0 Å². The number of ether oxygens (including phenoxy) is 1. The zero-order chi connectivity index (χ0) is 14.5. The summed E-state index contributed by atoms with van der Waals surface area (Å²) in [5.41, 5.74) is 6.58. The molecule has 0 bridgehead atoms. The van der Waals surface area contributed by atoms with Crippen LogP contribution in [0.2, 0.25) is 0 Å². The molecule has 7 heteroatoms. The third kappa shape index (κ3) is 5.08. The maximum atomic E-state index is 11.9. The molecule has 1 aromatic heterocycles. The summed E-state index contributed by atoms with van der Waals surface area (Å²) in [6.45, 7) is 2.79. The quantitative estimate of drug-likeness (QED) is 0.786. The van der Waals surface area contributed by atoms with Gasteiger partial charge in [0, 0.05) is 11.8 Å². The molecule has 3 nitrogen and oxygen atoms in total. The molecule has 1 rings (SSSR count). The van der Waals surface area contributed by atoms with E-state index in [1.807, 2.05) is 19.2 Å². The smallest absolute Gasteiger partial charge is 0.372 e. The van der Waals surface area contributed by atoms with Crippen molar-refractivity contribution in [2.24, 2.45) is 5.73 Å². The predicted molar refractivity (Wildman–Crippen MR) is 69.1 cm³/mol. The van der Waals surface area contributed by atoms with Gasteiger partial charge in [0.05, 0.1) is 22.8 Å². The van der Waals surface area contributed by atoms with Crippen LogP contribution in [0.25, 0.3) is 0 Å². The molecular formula is C12H19F3N2OS. The van der Waals surface area contributed by atoms with Crippen LogP contribution >= 0.6 is 11.3 Å². The minimum atomic E-state index is -4.27. The molecule has 0 amide bonds. The van der Waals surface area contributed by atoms with Gasteiger partial charge < -0.3 is 10.5 Å². The number of rotatable bonds is 7. The van der Waals surface area contributed by atoms with E-state index in [0.29, 0.717) is 6.42 Å². The van der Waals surface area contributed by atoms with Crippen LogP contribution in [0.15, 0.2) is 5.38 Å². The van der Waals surface area contributed by atoms with Crippen molar-refractivity contribution >= 4 is 11.3 Å². The summed E-state index contributed by atoms with van der Waals surface area (Å²) in [5.74, 6) is 0. The molecule has 2 N–H and O–H groups in total. The highest BCUT2D eigenvalue weighted by molar-refractivity contribution is 7.09. The highest BCUT2D eigenvalue weighted by Crippen LogP contribution is 2.27. The topological polar surface area (TPSA) is 48.1 Å². The first kappa shape index (κ1) is 16.4. The molecule has 0 saturated heterocycles. The monoisotopic (exact) mass is 296 g/mol. The Morgan fingerprint density at radius 3 is 2.47 bits per heavy atom. The molecule has 0 aromatic carbocycles. The van der Waals surface area contributed by atoms with Crippen molar-refractivity contribution in [3.05, 3.63) is 16.1 Å². The van der Waals surface area contributed by atoms with Gasteiger partial charge in [-0.15, -0.1) is 11.3 Å². The lowest BCUT2D eigenvalue weighted by molar-refractivity contribution is -0.173. The number of alkyl halides is 3. The summed E-state index contributed by atoms with van der Waals surface area (Å²) in [7, 11) is 0. The van der Waals surface area contributed by atoms with Gasteiger partial charge in [0.25, 0.3) is 0 Å². The lowest BCUT2D eigenvalue weighted by atomic mass is 9.91. The number of aromatic nitrogens is 1. The minimum Gasteiger partial charge on any atom is -0.372 e. The molecule has 0 unspecified atom stereocenters. The van der Waals surface area contributed by atoms with Crippen LogP contribution in [0.4, 0.5) is 13.2 Å². The molecule has 110 valence electrons. The maximum Gasteiger partial charge on any atom is 0.411 e. The van der Waals surface area contributed by atoms with Gasteiger partial charge in [-0.25, -0.2) is 4.98 Å². The average molecular weight is 296 g/mol. The zero-order valence-corrected chi connectivity index (χ0v) is 11.9. The summed E-state index contributed by atoms with van der Waals surface area (Å²) < 4.78 is 40.2. The van der Waals surface area contributed by atoms with E-state index in [0.717, 1.165) is 23.5 Å². The Hall–Kier alpha value is -0.660. The summed E-state index contributed by atoms with van der Waals surface area (Å²) in [6, 6.07) is 0. The average Bonchev–Trinajstić information content (AvgIpc) is 2.82. The molecule has 0 radical (unpaired) electrons. The van der Waals surface area contributed by atoms with Crippen LogP contribution < -0.4 is 5.73 Å². The number of hydrogen-bond acceptors (Lipinski definition) is 4. The normalized spacial score (nSPS) is 12.9. The van der Waals surface area contributed by atoms with Crippen LogP contribution in [-0.2, 0) is 16.7 Å². The van der Waals surface area contributed by atoms with E-state index in [1.165, 1.54) is 11.3 Å². The van der Waals surface area contributed by atoms with E-state index in [4.69, 9.17) is 5.73 Å². The van der Waals surface area contributed by atoms with Gasteiger partial charge >= 0.3 is 6.18 Å². The molecule has 0 atom stereocenters. The van der Waals surface area contributed by atoms with Crippen LogP contribution in [-0.4, -0.2) is 24.4 Å². The molecule has 1 aromatic rings. The highest BCUT2D eigenvalue weighted by atomic mass is 32.1. The Bertz CT molecular complexity index is 389. The molecule has 19 heavy (non-hydrogen) atoms. The minimum absolute atomic E-state index is 0.0162. The Labute approximate surface area is 115 Å². The summed E-state index contributed by atoms with van der Waals surface area (Å²) >= 11 is 1.41. The van der Waals surface area contributed by atoms with Crippen molar-refractivity contribution in [2.75, 3.05) is 13.2 Å². The van der Waals surface area contributed by atoms with Crippen molar-refractivity contribution < 1.29 is 17.9 Å². The van der Waals surface area contributed by atoms with Crippen molar-refractivity contribution in [3.8, 4) is 0 Å². The fraction of sp³-hybridized carbons (Fsp3) is 0.750. The molecular weight excluding hydrogens is 277 g/mol. The Kier molecular flexibility index (Phi) is 5.76. The van der Waals surface area contributed by atoms with E-state index in [-0.39, 0.29) is 6.61 Å². The second-order valence-electron chi connectivity index (χ2n) is 4.41. The fourth-order valence-corrected chi connectivity index (χ4v) is 2.50. The lowest BCUT2D eigenvalue weighted by Gasteiger charge is -2.24.